The second-order valence-electron chi connectivity index (χ2n) is 5.11. The summed E-state index contributed by atoms with van der Waals surface area (Å²) in [7, 11) is 1.77. The van der Waals surface area contributed by atoms with E-state index in [-0.39, 0.29) is 24.0 Å². The van der Waals surface area contributed by atoms with Gasteiger partial charge in [-0.05, 0) is 38.5 Å². The van der Waals surface area contributed by atoms with Crippen LogP contribution in [-0.2, 0) is 13.1 Å². The van der Waals surface area contributed by atoms with Crippen LogP contribution in [-0.4, -0.2) is 24.6 Å². The predicted octanol–water partition coefficient (Wildman–Crippen LogP) is 3.64. The molecule has 0 atom stereocenters. The van der Waals surface area contributed by atoms with E-state index in [4.69, 9.17) is 4.74 Å². The zero-order valence-corrected chi connectivity index (χ0v) is 17.7. The first-order chi connectivity index (χ1) is 11.1. The number of ether oxygens (including phenoxy) is 1. The first-order valence-electron chi connectivity index (χ1n) is 7.71. The van der Waals surface area contributed by atoms with Crippen LogP contribution in [0.4, 0.5) is 0 Å². The zero-order chi connectivity index (χ0) is 16.7. The molecule has 0 saturated carbocycles. The van der Waals surface area contributed by atoms with E-state index < -0.39 is 0 Å². The molecule has 7 heteroatoms. The third-order valence-corrected chi connectivity index (χ3v) is 4.45. The van der Waals surface area contributed by atoms with Crippen molar-refractivity contribution in [2.24, 2.45) is 4.99 Å². The van der Waals surface area contributed by atoms with Crippen molar-refractivity contribution in [3.05, 3.63) is 45.4 Å². The maximum absolute atomic E-state index is 5.52. The van der Waals surface area contributed by atoms with Gasteiger partial charge in [-0.1, -0.05) is 12.1 Å². The van der Waals surface area contributed by atoms with E-state index in [0.717, 1.165) is 28.0 Å². The average molecular weight is 460 g/mol. The Kier molecular flexibility index (Phi) is 9.05. The van der Waals surface area contributed by atoms with Crippen molar-refractivity contribution in [3.8, 4) is 5.75 Å². The Morgan fingerprint density at radius 2 is 2.00 bits per heavy atom. The van der Waals surface area contributed by atoms with E-state index in [1.54, 1.807) is 18.4 Å². The Bertz CT molecular complexity index is 653. The summed E-state index contributed by atoms with van der Waals surface area (Å²) in [6, 6.07) is 8.07. The minimum atomic E-state index is 0. The lowest BCUT2D eigenvalue weighted by Crippen LogP contribution is -2.36. The van der Waals surface area contributed by atoms with Crippen molar-refractivity contribution in [3.63, 3.8) is 0 Å². The summed E-state index contributed by atoms with van der Waals surface area (Å²) >= 11 is 1.72. The highest BCUT2D eigenvalue weighted by Crippen LogP contribution is 2.16. The number of thiazole rings is 1. The lowest BCUT2D eigenvalue weighted by molar-refractivity contribution is 0.340. The van der Waals surface area contributed by atoms with E-state index in [2.05, 4.69) is 33.6 Å². The van der Waals surface area contributed by atoms with Crippen LogP contribution in [0, 0.1) is 13.8 Å². The highest BCUT2D eigenvalue weighted by atomic mass is 127. The number of nitrogens with zero attached hydrogens (tertiary/aromatic N) is 2. The summed E-state index contributed by atoms with van der Waals surface area (Å²) in [5.74, 6) is 1.65. The number of halogens is 1. The van der Waals surface area contributed by atoms with Gasteiger partial charge in [0.05, 0.1) is 18.8 Å². The Morgan fingerprint density at radius 3 is 2.62 bits per heavy atom. The molecule has 2 rings (SSSR count). The van der Waals surface area contributed by atoms with Crippen LogP contribution in [0.5, 0.6) is 5.75 Å². The van der Waals surface area contributed by atoms with Gasteiger partial charge in [-0.3, -0.25) is 4.99 Å². The number of aryl methyl sites for hydroxylation is 2. The number of benzene rings is 1. The molecule has 2 N–H and O–H groups in total. The summed E-state index contributed by atoms with van der Waals surface area (Å²) in [5.41, 5.74) is 2.25. The van der Waals surface area contributed by atoms with Crippen LogP contribution < -0.4 is 15.4 Å². The van der Waals surface area contributed by atoms with Gasteiger partial charge in [-0.15, -0.1) is 35.3 Å². The molecule has 0 saturated heterocycles. The van der Waals surface area contributed by atoms with Crippen LogP contribution in [0.3, 0.4) is 0 Å². The van der Waals surface area contributed by atoms with Crippen molar-refractivity contribution < 1.29 is 4.74 Å². The molecule has 5 nitrogen and oxygen atoms in total. The van der Waals surface area contributed by atoms with E-state index >= 15 is 0 Å². The van der Waals surface area contributed by atoms with Gasteiger partial charge in [-0.25, -0.2) is 4.98 Å². The molecule has 0 unspecified atom stereocenters. The first-order valence-corrected chi connectivity index (χ1v) is 8.53. The standard InChI is InChI=1S/C17H24N4OS.HI/c1-5-22-15-8-6-7-14(9-15)10-19-17(18-4)20-11-16-21-12(2)13(3)23-16;/h6-9H,5,10-11H2,1-4H3,(H2,18,19,20);1H. The third kappa shape index (κ3) is 6.27. The fourth-order valence-electron chi connectivity index (χ4n) is 2.09. The molecule has 0 bridgehead atoms. The predicted molar refractivity (Wildman–Crippen MR) is 112 cm³/mol. The topological polar surface area (TPSA) is 58.5 Å². The van der Waals surface area contributed by atoms with Crippen LogP contribution in [0.2, 0.25) is 0 Å². The smallest absolute Gasteiger partial charge is 0.191 e. The quantitative estimate of drug-likeness (QED) is 0.393. The van der Waals surface area contributed by atoms with Crippen LogP contribution in [0.1, 0.15) is 28.1 Å². The van der Waals surface area contributed by atoms with Crippen LogP contribution in [0.15, 0.2) is 29.3 Å². The molecule has 24 heavy (non-hydrogen) atoms. The number of guanidine groups is 1. The fourth-order valence-corrected chi connectivity index (χ4v) is 2.97. The van der Waals surface area contributed by atoms with Crippen molar-refractivity contribution >= 4 is 41.3 Å². The number of hydrogen-bond acceptors (Lipinski definition) is 4. The number of aliphatic imine (C=N–C) groups is 1. The fraction of sp³-hybridized carbons (Fsp3) is 0.412. The minimum absolute atomic E-state index is 0. The van der Waals surface area contributed by atoms with Crippen molar-refractivity contribution in [2.75, 3.05) is 13.7 Å². The minimum Gasteiger partial charge on any atom is -0.494 e. The second-order valence-corrected chi connectivity index (χ2v) is 6.40. The first kappa shape index (κ1) is 20.7. The molecule has 1 aromatic heterocycles. The van der Waals surface area contributed by atoms with Crippen LogP contribution in [0.25, 0.3) is 0 Å². The Labute approximate surface area is 165 Å². The number of nitrogens with one attached hydrogen (secondary N) is 2. The van der Waals surface area contributed by atoms with Crippen molar-refractivity contribution in [1.29, 1.82) is 0 Å². The molecule has 1 heterocycles. The van der Waals surface area contributed by atoms with Gasteiger partial charge in [0.1, 0.15) is 10.8 Å². The molecule has 0 aliphatic rings. The second kappa shape index (κ2) is 10.5. The molecular weight excluding hydrogens is 435 g/mol. The summed E-state index contributed by atoms with van der Waals surface area (Å²) in [4.78, 5) is 10.0. The molecule has 2 aromatic rings. The molecule has 0 aliphatic heterocycles. The normalized spacial score (nSPS) is 10.9. The zero-order valence-electron chi connectivity index (χ0n) is 14.5. The van der Waals surface area contributed by atoms with Gasteiger partial charge < -0.3 is 15.4 Å². The molecule has 0 aliphatic carbocycles. The van der Waals surface area contributed by atoms with E-state index in [1.807, 2.05) is 32.0 Å². The van der Waals surface area contributed by atoms with Gasteiger partial charge in [0.15, 0.2) is 5.96 Å². The molecule has 1 aromatic carbocycles. The van der Waals surface area contributed by atoms with Gasteiger partial charge >= 0.3 is 0 Å². The van der Waals surface area contributed by atoms with E-state index in [1.165, 1.54) is 4.88 Å². The van der Waals surface area contributed by atoms with Gasteiger partial charge in [0, 0.05) is 18.5 Å². The molecule has 0 spiro atoms. The summed E-state index contributed by atoms with van der Waals surface area (Å²) in [5, 5.41) is 7.67. The molecule has 0 fully saturated rings. The molecule has 0 amide bonds. The summed E-state index contributed by atoms with van der Waals surface area (Å²) in [6.07, 6.45) is 0. The maximum atomic E-state index is 5.52. The highest BCUT2D eigenvalue weighted by molar-refractivity contribution is 14.0. The largest absolute Gasteiger partial charge is 0.494 e. The Balaban J connectivity index is 0.00000288. The molecular formula is C17H25IN4OS. The monoisotopic (exact) mass is 460 g/mol. The lowest BCUT2D eigenvalue weighted by atomic mass is 10.2. The van der Waals surface area contributed by atoms with E-state index in [9.17, 15) is 0 Å². The number of aromatic nitrogens is 1. The third-order valence-electron chi connectivity index (χ3n) is 3.37. The Hall–Kier alpha value is -1.35. The van der Waals surface area contributed by atoms with Crippen LogP contribution >= 0.6 is 35.3 Å². The van der Waals surface area contributed by atoms with Crippen molar-refractivity contribution in [2.45, 2.75) is 33.9 Å². The van der Waals surface area contributed by atoms with Crippen molar-refractivity contribution in [1.82, 2.24) is 15.6 Å². The number of hydrogen-bond donors (Lipinski definition) is 2. The van der Waals surface area contributed by atoms with Gasteiger partial charge in [-0.2, -0.15) is 0 Å². The van der Waals surface area contributed by atoms with Gasteiger partial charge in [0.25, 0.3) is 0 Å². The molecule has 132 valence electrons. The Morgan fingerprint density at radius 1 is 1.25 bits per heavy atom. The SMILES string of the molecule is CCOc1cccc(CNC(=NC)NCc2nc(C)c(C)s2)c1.I. The number of rotatable bonds is 6. The highest BCUT2D eigenvalue weighted by Gasteiger charge is 2.05. The van der Waals surface area contributed by atoms with E-state index in [0.29, 0.717) is 19.7 Å². The average Bonchev–Trinajstić information content (AvgIpc) is 2.87. The van der Waals surface area contributed by atoms with Gasteiger partial charge in [0.2, 0.25) is 0 Å². The lowest BCUT2D eigenvalue weighted by Gasteiger charge is -2.11. The molecule has 0 radical (unpaired) electrons. The maximum Gasteiger partial charge on any atom is 0.191 e. The summed E-state index contributed by atoms with van der Waals surface area (Å²) < 4.78 is 5.52. The summed E-state index contributed by atoms with van der Waals surface area (Å²) in [6.45, 7) is 8.16.